The monoisotopic (exact) mass is 461 g/mol. The highest BCUT2D eigenvalue weighted by Crippen LogP contribution is 2.22. The Morgan fingerprint density at radius 1 is 1.29 bits per heavy atom. The van der Waals surface area contributed by atoms with Gasteiger partial charge in [0.2, 0.25) is 0 Å². The summed E-state index contributed by atoms with van der Waals surface area (Å²) in [5.74, 6) is -2.19. The summed E-state index contributed by atoms with van der Waals surface area (Å²) in [6.45, 7) is 6.51. The van der Waals surface area contributed by atoms with Gasteiger partial charge in [0.25, 0.3) is 0 Å². The van der Waals surface area contributed by atoms with E-state index in [-0.39, 0.29) is 11.9 Å². The molecule has 0 aliphatic rings. The van der Waals surface area contributed by atoms with Gasteiger partial charge in [0, 0.05) is 29.1 Å². The first-order valence-electron chi connectivity index (χ1n) is 9.08. The van der Waals surface area contributed by atoms with Crippen LogP contribution in [0.1, 0.15) is 29.5 Å². The summed E-state index contributed by atoms with van der Waals surface area (Å²) in [6, 6.07) is 6.57. The van der Waals surface area contributed by atoms with Crippen LogP contribution >= 0.6 is 11.6 Å². The van der Waals surface area contributed by atoms with Crippen LogP contribution in [0.5, 0.6) is 0 Å². The van der Waals surface area contributed by atoms with Gasteiger partial charge in [-0.05, 0) is 51.5 Å². The number of carboxylic acids is 1. The molecule has 6 nitrogen and oxygen atoms in total. The quantitative estimate of drug-likeness (QED) is 0.411. The molecule has 0 aliphatic carbocycles. The fourth-order valence-electron chi connectivity index (χ4n) is 2.75. The van der Waals surface area contributed by atoms with Crippen LogP contribution in [0.3, 0.4) is 0 Å². The lowest BCUT2D eigenvalue weighted by Gasteiger charge is -2.14. The second-order valence-electron chi connectivity index (χ2n) is 6.87. The first-order chi connectivity index (χ1) is 14.4. The van der Waals surface area contributed by atoms with Crippen molar-refractivity contribution >= 4 is 28.5 Å². The Labute approximate surface area is 180 Å². The van der Waals surface area contributed by atoms with Crippen LogP contribution in [-0.4, -0.2) is 33.4 Å². The van der Waals surface area contributed by atoms with Crippen molar-refractivity contribution in [2.75, 3.05) is 0 Å². The van der Waals surface area contributed by atoms with Gasteiger partial charge in [-0.15, -0.1) is 0 Å². The Hall–Kier alpha value is -2.72. The van der Waals surface area contributed by atoms with Gasteiger partial charge in [-0.3, -0.25) is 0 Å². The molecule has 11 heteroatoms. The molecule has 0 saturated carbocycles. The van der Waals surface area contributed by atoms with Gasteiger partial charge >= 0.3 is 12.1 Å². The fraction of sp³-hybridized carbons (Fsp3) is 0.350. The van der Waals surface area contributed by atoms with E-state index in [2.05, 4.69) is 22.4 Å². The van der Waals surface area contributed by atoms with Gasteiger partial charge in [0.15, 0.2) is 0 Å². The highest BCUT2D eigenvalue weighted by atomic mass is 35.5. The maximum absolute atomic E-state index is 13.4. The molecule has 0 saturated heterocycles. The number of alkyl halides is 3. The summed E-state index contributed by atoms with van der Waals surface area (Å²) in [4.78, 5) is 13.2. The van der Waals surface area contributed by atoms with Crippen molar-refractivity contribution in [2.24, 2.45) is 0 Å². The third kappa shape index (κ3) is 6.90. The number of nitrogens with one attached hydrogen (secondary N) is 1. The fourth-order valence-corrected chi connectivity index (χ4v) is 2.96. The van der Waals surface area contributed by atoms with Gasteiger partial charge in [-0.2, -0.15) is 13.2 Å². The van der Waals surface area contributed by atoms with Gasteiger partial charge < -0.3 is 14.9 Å². The van der Waals surface area contributed by atoms with Gasteiger partial charge in [-0.25, -0.2) is 14.2 Å². The Morgan fingerprint density at radius 2 is 1.94 bits per heavy atom. The normalized spacial score (nSPS) is 12.4. The number of benzene rings is 1. The number of aromatic nitrogens is 2. The molecule has 0 radical (unpaired) electrons. The molecular formula is C20H20ClF4N3O3. The average molecular weight is 462 g/mol. The van der Waals surface area contributed by atoms with Gasteiger partial charge in [0.05, 0.1) is 11.2 Å². The molecule has 0 bridgehead atoms. The van der Waals surface area contributed by atoms with Crippen molar-refractivity contribution < 1.29 is 32.0 Å². The lowest BCUT2D eigenvalue weighted by molar-refractivity contribution is -0.192. The summed E-state index contributed by atoms with van der Waals surface area (Å²) in [5, 5.41) is 15.7. The average Bonchev–Trinajstić information content (AvgIpc) is 2.98. The van der Waals surface area contributed by atoms with E-state index >= 15 is 0 Å². The van der Waals surface area contributed by atoms with Crippen LogP contribution in [0.4, 0.5) is 17.6 Å². The molecule has 2 aromatic heterocycles. The maximum Gasteiger partial charge on any atom is 0.490 e. The highest BCUT2D eigenvalue weighted by molar-refractivity contribution is 6.30. The van der Waals surface area contributed by atoms with E-state index in [1.807, 2.05) is 19.9 Å². The van der Waals surface area contributed by atoms with Crippen LogP contribution < -0.4 is 5.32 Å². The molecule has 0 aliphatic heterocycles. The molecule has 0 amide bonds. The van der Waals surface area contributed by atoms with Crippen molar-refractivity contribution in [1.29, 1.82) is 0 Å². The van der Waals surface area contributed by atoms with E-state index in [0.717, 1.165) is 34.4 Å². The minimum absolute atomic E-state index is 0.209. The molecule has 168 valence electrons. The molecule has 1 unspecified atom stereocenters. The summed E-state index contributed by atoms with van der Waals surface area (Å²) < 4.78 is 50.3. The molecule has 1 atom stereocenters. The SMILES string of the molecule is Cc1noc(C)c1CC(C)NCc1cc2cc(F)ccc2nc1Cl.O=C(O)C(F)(F)F. The second kappa shape index (κ2) is 10.1. The van der Waals surface area contributed by atoms with Crippen molar-refractivity contribution in [1.82, 2.24) is 15.5 Å². The van der Waals surface area contributed by atoms with Gasteiger partial charge in [0.1, 0.15) is 16.7 Å². The second-order valence-corrected chi connectivity index (χ2v) is 7.23. The number of carboxylic acid groups (broad SMARTS) is 1. The molecule has 2 heterocycles. The van der Waals surface area contributed by atoms with E-state index in [1.165, 1.54) is 12.1 Å². The Bertz CT molecular complexity index is 1050. The smallest absolute Gasteiger partial charge is 0.475 e. The zero-order valence-corrected chi connectivity index (χ0v) is 17.6. The summed E-state index contributed by atoms with van der Waals surface area (Å²) >= 11 is 6.25. The van der Waals surface area contributed by atoms with Crippen LogP contribution in [-0.2, 0) is 17.8 Å². The van der Waals surface area contributed by atoms with Crippen LogP contribution in [0.15, 0.2) is 28.8 Å². The summed E-state index contributed by atoms with van der Waals surface area (Å²) in [5.41, 5.74) is 3.58. The molecule has 0 spiro atoms. The Balaban J connectivity index is 0.000000423. The first-order valence-corrected chi connectivity index (χ1v) is 9.46. The number of hydrogen-bond acceptors (Lipinski definition) is 5. The number of fused-ring (bicyclic) bond motifs is 1. The van der Waals surface area contributed by atoms with E-state index in [0.29, 0.717) is 17.2 Å². The van der Waals surface area contributed by atoms with E-state index in [9.17, 15) is 17.6 Å². The third-order valence-electron chi connectivity index (χ3n) is 4.38. The predicted molar refractivity (Wildman–Crippen MR) is 106 cm³/mol. The maximum atomic E-state index is 13.4. The van der Waals surface area contributed by atoms with Gasteiger partial charge in [-0.1, -0.05) is 16.8 Å². The standard InChI is InChI=1S/C18H19ClFN3O.C2HF3O2/c1-10(6-16-11(2)23-24-12(16)3)21-9-14-7-13-8-15(20)4-5-17(13)22-18(14)19;3-2(4,5)1(6)7/h4-5,7-8,10,21H,6,9H2,1-3H3;(H,6,7). The number of carbonyl (C=O) groups is 1. The lowest BCUT2D eigenvalue weighted by Crippen LogP contribution is -2.28. The van der Waals surface area contributed by atoms with Crippen LogP contribution in [0, 0.1) is 19.7 Å². The third-order valence-corrected chi connectivity index (χ3v) is 4.71. The van der Waals surface area contributed by atoms with Crippen molar-refractivity contribution in [3.63, 3.8) is 0 Å². The Kier molecular flexibility index (Phi) is 7.96. The zero-order chi connectivity index (χ0) is 23.3. The Morgan fingerprint density at radius 3 is 2.48 bits per heavy atom. The number of rotatable bonds is 5. The number of aryl methyl sites for hydroxylation is 2. The summed E-state index contributed by atoms with van der Waals surface area (Å²) in [6.07, 6.45) is -4.27. The zero-order valence-electron chi connectivity index (χ0n) is 16.8. The molecule has 1 aromatic carbocycles. The van der Waals surface area contributed by atoms with Crippen molar-refractivity contribution in [3.8, 4) is 0 Å². The summed E-state index contributed by atoms with van der Waals surface area (Å²) in [7, 11) is 0. The molecular weight excluding hydrogens is 442 g/mol. The number of nitrogens with zero attached hydrogens (tertiary/aromatic N) is 2. The van der Waals surface area contributed by atoms with Crippen molar-refractivity contribution in [2.45, 2.75) is 46.0 Å². The predicted octanol–water partition coefficient (Wildman–Crippen LogP) is 4.99. The molecule has 31 heavy (non-hydrogen) atoms. The topological polar surface area (TPSA) is 88.3 Å². The minimum atomic E-state index is -5.08. The van der Waals surface area contributed by atoms with Crippen molar-refractivity contribution in [3.05, 3.63) is 57.8 Å². The van der Waals surface area contributed by atoms with E-state index in [1.54, 1.807) is 6.07 Å². The molecule has 3 rings (SSSR count). The number of pyridine rings is 1. The highest BCUT2D eigenvalue weighted by Gasteiger charge is 2.38. The largest absolute Gasteiger partial charge is 0.490 e. The minimum Gasteiger partial charge on any atom is -0.475 e. The number of hydrogen-bond donors (Lipinski definition) is 2. The molecule has 2 N–H and O–H groups in total. The van der Waals surface area contributed by atoms with E-state index < -0.39 is 12.1 Å². The number of aliphatic carboxylic acids is 1. The van der Waals surface area contributed by atoms with Crippen LogP contribution in [0.2, 0.25) is 5.15 Å². The van der Waals surface area contributed by atoms with E-state index in [4.69, 9.17) is 26.0 Å². The lowest BCUT2D eigenvalue weighted by atomic mass is 10.1. The first kappa shape index (κ1) is 24.5. The molecule has 3 aromatic rings. The molecule has 0 fully saturated rings. The number of halogens is 5. The van der Waals surface area contributed by atoms with Crippen LogP contribution in [0.25, 0.3) is 10.9 Å².